The van der Waals surface area contributed by atoms with E-state index in [4.69, 9.17) is 0 Å². The van der Waals surface area contributed by atoms with Crippen LogP contribution in [-0.4, -0.2) is 30.1 Å². The van der Waals surface area contributed by atoms with E-state index in [9.17, 15) is 9.18 Å². The third kappa shape index (κ3) is 5.03. The number of halogens is 1. The highest BCUT2D eigenvalue weighted by atomic mass is 19.1. The molecule has 0 aliphatic heterocycles. The van der Waals surface area contributed by atoms with Crippen molar-refractivity contribution >= 4 is 10.9 Å². The molecule has 1 fully saturated rings. The molecule has 1 aliphatic rings. The number of aromatic amines is 1. The molecule has 2 aromatic carbocycles. The number of H-pyrrole nitrogens is 1. The monoisotopic (exact) mass is 474 g/mol. The van der Waals surface area contributed by atoms with Crippen molar-refractivity contribution in [3.05, 3.63) is 87.2 Å². The molecule has 1 saturated carbocycles. The molecule has 1 atom stereocenters. The van der Waals surface area contributed by atoms with E-state index >= 15 is 0 Å². The molecule has 35 heavy (non-hydrogen) atoms. The van der Waals surface area contributed by atoms with Crippen LogP contribution in [0.25, 0.3) is 10.9 Å². The van der Waals surface area contributed by atoms with Crippen molar-refractivity contribution in [2.24, 2.45) is 0 Å². The molecule has 0 bridgehead atoms. The van der Waals surface area contributed by atoms with Crippen molar-refractivity contribution in [3.63, 3.8) is 0 Å². The lowest BCUT2D eigenvalue weighted by molar-refractivity contribution is 0.158. The molecular weight excluding hydrogens is 443 g/mol. The van der Waals surface area contributed by atoms with Crippen LogP contribution in [0, 0.1) is 12.7 Å². The zero-order valence-corrected chi connectivity index (χ0v) is 20.2. The third-order valence-electron chi connectivity index (χ3n) is 7.07. The van der Waals surface area contributed by atoms with Gasteiger partial charge in [0, 0.05) is 24.2 Å². The summed E-state index contributed by atoms with van der Waals surface area (Å²) in [6.45, 7) is 5.09. The summed E-state index contributed by atoms with van der Waals surface area (Å²) in [6, 6.07) is 14.8. The molecule has 0 saturated heterocycles. The Labute approximate surface area is 204 Å². The number of rotatable bonds is 8. The van der Waals surface area contributed by atoms with Crippen LogP contribution in [-0.2, 0) is 13.1 Å². The minimum atomic E-state index is -0.265. The average molecular weight is 475 g/mol. The van der Waals surface area contributed by atoms with E-state index in [1.165, 1.54) is 25.0 Å². The van der Waals surface area contributed by atoms with E-state index < -0.39 is 0 Å². The minimum Gasteiger partial charge on any atom is -0.322 e. The molecule has 7 nitrogen and oxygen atoms in total. The van der Waals surface area contributed by atoms with Crippen molar-refractivity contribution in [2.45, 2.75) is 71.1 Å². The standard InChI is InChI=1S/C27H31FN6O/c1-3-25(26-30-31-32-34(26)23-6-4-5-7-23)33(16-19-9-12-22(28)13-10-19)17-21-15-20-11-8-18(2)14-24(20)29-27(21)35/h8-15,23,25H,3-7,16-17H2,1-2H3,(H,29,35)/t25-/m0/s1. The fourth-order valence-corrected chi connectivity index (χ4v) is 5.23. The van der Waals surface area contributed by atoms with Crippen LogP contribution in [0.4, 0.5) is 4.39 Å². The maximum Gasteiger partial charge on any atom is 0.252 e. The summed E-state index contributed by atoms with van der Waals surface area (Å²) in [5, 5.41) is 13.8. The van der Waals surface area contributed by atoms with Crippen LogP contribution in [0.5, 0.6) is 0 Å². The molecule has 1 N–H and O–H groups in total. The van der Waals surface area contributed by atoms with Crippen LogP contribution in [0.1, 0.15) is 73.6 Å². The van der Waals surface area contributed by atoms with Gasteiger partial charge in [0.15, 0.2) is 5.82 Å². The second-order valence-electron chi connectivity index (χ2n) is 9.59. The van der Waals surface area contributed by atoms with E-state index in [0.717, 1.165) is 47.1 Å². The minimum absolute atomic E-state index is 0.0937. The molecule has 0 amide bonds. The van der Waals surface area contributed by atoms with Crippen molar-refractivity contribution < 1.29 is 4.39 Å². The normalized spacial score (nSPS) is 15.3. The maximum atomic E-state index is 13.6. The van der Waals surface area contributed by atoms with Crippen LogP contribution >= 0.6 is 0 Å². The predicted octanol–water partition coefficient (Wildman–Crippen LogP) is 5.23. The lowest BCUT2D eigenvalue weighted by Crippen LogP contribution is -2.32. The van der Waals surface area contributed by atoms with Gasteiger partial charge in [-0.2, -0.15) is 0 Å². The van der Waals surface area contributed by atoms with Gasteiger partial charge >= 0.3 is 0 Å². The van der Waals surface area contributed by atoms with Crippen molar-refractivity contribution in [2.75, 3.05) is 0 Å². The number of aromatic nitrogens is 5. The average Bonchev–Trinajstić information content (AvgIpc) is 3.54. The smallest absolute Gasteiger partial charge is 0.252 e. The third-order valence-corrected chi connectivity index (χ3v) is 7.07. The van der Waals surface area contributed by atoms with E-state index in [1.54, 1.807) is 12.1 Å². The predicted molar refractivity (Wildman–Crippen MR) is 133 cm³/mol. The van der Waals surface area contributed by atoms with E-state index in [2.05, 4.69) is 32.3 Å². The van der Waals surface area contributed by atoms with Gasteiger partial charge in [-0.05, 0) is 77.4 Å². The van der Waals surface area contributed by atoms with E-state index in [-0.39, 0.29) is 17.4 Å². The van der Waals surface area contributed by atoms with Crippen LogP contribution in [0.2, 0.25) is 0 Å². The number of nitrogens with zero attached hydrogens (tertiary/aromatic N) is 5. The Kier molecular flexibility index (Phi) is 6.72. The first-order chi connectivity index (χ1) is 17.0. The molecule has 0 spiro atoms. The van der Waals surface area contributed by atoms with Gasteiger partial charge in [-0.1, -0.05) is 44.0 Å². The first-order valence-corrected chi connectivity index (χ1v) is 12.4. The number of nitrogens with one attached hydrogen (secondary N) is 1. The highest BCUT2D eigenvalue weighted by molar-refractivity contribution is 5.79. The number of hydrogen-bond donors (Lipinski definition) is 1. The van der Waals surface area contributed by atoms with E-state index in [0.29, 0.717) is 24.7 Å². The Morgan fingerprint density at radius 1 is 1.11 bits per heavy atom. The zero-order valence-electron chi connectivity index (χ0n) is 20.2. The molecular formula is C27H31FN6O. The molecule has 8 heteroatoms. The molecule has 4 aromatic rings. The summed E-state index contributed by atoms with van der Waals surface area (Å²) in [5.74, 6) is 0.563. The SMILES string of the molecule is CC[C@@H](c1nnnn1C1CCCC1)N(Cc1ccc(F)cc1)Cc1cc2ccc(C)cc2[nH]c1=O. The molecule has 0 unspecified atom stereocenters. The summed E-state index contributed by atoms with van der Waals surface area (Å²) in [6.07, 6.45) is 5.31. The van der Waals surface area contributed by atoms with Crippen LogP contribution < -0.4 is 5.56 Å². The zero-order chi connectivity index (χ0) is 24.4. The molecule has 5 rings (SSSR count). The summed E-state index contributed by atoms with van der Waals surface area (Å²) in [5.41, 5.74) is 3.49. The van der Waals surface area contributed by atoms with Gasteiger partial charge in [-0.15, -0.1) is 5.10 Å². The maximum absolute atomic E-state index is 13.6. The van der Waals surface area contributed by atoms with Crippen molar-refractivity contribution in [1.82, 2.24) is 30.1 Å². The Balaban J connectivity index is 1.53. The summed E-state index contributed by atoms with van der Waals surface area (Å²) >= 11 is 0. The highest BCUT2D eigenvalue weighted by Gasteiger charge is 2.29. The highest BCUT2D eigenvalue weighted by Crippen LogP contribution is 2.33. The number of benzene rings is 2. The summed E-state index contributed by atoms with van der Waals surface area (Å²) in [7, 11) is 0. The number of aryl methyl sites for hydroxylation is 1. The first-order valence-electron chi connectivity index (χ1n) is 12.4. The van der Waals surface area contributed by atoms with Crippen molar-refractivity contribution in [1.29, 1.82) is 0 Å². The lowest BCUT2D eigenvalue weighted by atomic mass is 10.1. The Morgan fingerprint density at radius 2 is 1.89 bits per heavy atom. The Hall–Kier alpha value is -3.39. The largest absolute Gasteiger partial charge is 0.322 e. The topological polar surface area (TPSA) is 79.7 Å². The second-order valence-corrected chi connectivity index (χ2v) is 9.59. The second kappa shape index (κ2) is 10.1. The fourth-order valence-electron chi connectivity index (χ4n) is 5.23. The van der Waals surface area contributed by atoms with Gasteiger partial charge in [0.1, 0.15) is 5.82 Å². The summed E-state index contributed by atoms with van der Waals surface area (Å²) < 4.78 is 15.6. The number of pyridine rings is 1. The fraction of sp³-hybridized carbons (Fsp3) is 0.407. The molecule has 0 radical (unpaired) electrons. The molecule has 2 aromatic heterocycles. The van der Waals surface area contributed by atoms with Gasteiger partial charge in [0.25, 0.3) is 5.56 Å². The van der Waals surface area contributed by atoms with Crippen LogP contribution in [0.3, 0.4) is 0 Å². The van der Waals surface area contributed by atoms with Gasteiger partial charge < -0.3 is 4.98 Å². The number of tetrazole rings is 1. The quantitative estimate of drug-likeness (QED) is 0.378. The van der Waals surface area contributed by atoms with Crippen LogP contribution in [0.15, 0.2) is 53.3 Å². The lowest BCUT2D eigenvalue weighted by Gasteiger charge is -2.31. The van der Waals surface area contributed by atoms with Gasteiger partial charge in [-0.25, -0.2) is 9.07 Å². The molecule has 1 aliphatic carbocycles. The van der Waals surface area contributed by atoms with Gasteiger partial charge in [-0.3, -0.25) is 9.69 Å². The molecule has 2 heterocycles. The van der Waals surface area contributed by atoms with Crippen molar-refractivity contribution in [3.8, 4) is 0 Å². The Morgan fingerprint density at radius 3 is 2.63 bits per heavy atom. The van der Waals surface area contributed by atoms with Gasteiger partial charge in [0.2, 0.25) is 0 Å². The van der Waals surface area contributed by atoms with E-state index in [1.807, 2.05) is 35.9 Å². The Bertz CT molecular complexity index is 1360. The summed E-state index contributed by atoms with van der Waals surface area (Å²) in [4.78, 5) is 18.4. The number of hydrogen-bond acceptors (Lipinski definition) is 5. The molecule has 182 valence electrons. The number of fused-ring (bicyclic) bond motifs is 1. The van der Waals surface area contributed by atoms with Gasteiger partial charge in [0.05, 0.1) is 12.1 Å². The first kappa shape index (κ1) is 23.4.